The summed E-state index contributed by atoms with van der Waals surface area (Å²) in [5.74, 6) is 1.39. The minimum absolute atomic E-state index is 0.571. The van der Waals surface area contributed by atoms with E-state index in [-0.39, 0.29) is 0 Å². The Balaban J connectivity index is 2.08. The van der Waals surface area contributed by atoms with E-state index in [4.69, 9.17) is 21.1 Å². The van der Waals surface area contributed by atoms with E-state index in [0.717, 1.165) is 17.7 Å². The summed E-state index contributed by atoms with van der Waals surface area (Å²) in [5.41, 5.74) is 2.16. The van der Waals surface area contributed by atoms with Gasteiger partial charge in [-0.25, -0.2) is 0 Å². The van der Waals surface area contributed by atoms with Crippen molar-refractivity contribution in [1.29, 1.82) is 0 Å². The summed E-state index contributed by atoms with van der Waals surface area (Å²) in [6.45, 7) is 0.571. The van der Waals surface area contributed by atoms with Crippen LogP contribution < -0.4 is 9.47 Å². The van der Waals surface area contributed by atoms with Crippen LogP contribution in [-0.2, 0) is 11.8 Å². The fourth-order valence-electron chi connectivity index (χ4n) is 1.86. The van der Waals surface area contributed by atoms with Gasteiger partial charge in [-0.3, -0.25) is 4.98 Å². The van der Waals surface area contributed by atoms with Crippen molar-refractivity contribution >= 4 is 27.5 Å². The van der Waals surface area contributed by atoms with Gasteiger partial charge >= 0.3 is 0 Å². The zero-order valence-electron chi connectivity index (χ0n) is 11.1. The third-order valence-corrected chi connectivity index (χ3v) is 3.67. The topological polar surface area (TPSA) is 31.4 Å². The van der Waals surface area contributed by atoms with Crippen molar-refractivity contribution in [3.63, 3.8) is 0 Å². The lowest BCUT2D eigenvalue weighted by atomic mass is 10.2. The lowest BCUT2D eigenvalue weighted by Crippen LogP contribution is -2.04. The molecule has 0 saturated carbocycles. The van der Waals surface area contributed by atoms with Gasteiger partial charge in [0.25, 0.3) is 0 Å². The van der Waals surface area contributed by atoms with Gasteiger partial charge in [-0.2, -0.15) is 0 Å². The van der Waals surface area contributed by atoms with Gasteiger partial charge < -0.3 is 9.47 Å². The molecule has 0 fully saturated rings. The predicted octanol–water partition coefficient (Wildman–Crippen LogP) is 4.26. The molecule has 0 aliphatic rings. The number of halogens is 2. The van der Waals surface area contributed by atoms with Gasteiger partial charge in [0.15, 0.2) is 11.5 Å². The zero-order chi connectivity index (χ0) is 14.4. The van der Waals surface area contributed by atoms with Crippen LogP contribution in [0.4, 0.5) is 0 Å². The molecule has 0 saturated heterocycles. The van der Waals surface area contributed by atoms with E-state index in [1.807, 2.05) is 18.2 Å². The molecule has 0 bridgehead atoms. The van der Waals surface area contributed by atoms with Gasteiger partial charge in [0, 0.05) is 40.8 Å². The molecule has 0 N–H and O–H groups in total. The highest BCUT2D eigenvalue weighted by Crippen LogP contribution is 2.35. The van der Waals surface area contributed by atoms with Gasteiger partial charge in [-0.1, -0.05) is 27.5 Å². The number of methoxy groups -OCH3 is 1. The van der Waals surface area contributed by atoms with Crippen molar-refractivity contribution in [3.05, 3.63) is 52.8 Å². The molecular weight excluding hydrogens is 342 g/mol. The minimum Gasteiger partial charge on any atom is -0.493 e. The lowest BCUT2D eigenvalue weighted by molar-refractivity contribution is 0.295. The predicted molar refractivity (Wildman–Crippen MR) is 84.1 cm³/mol. The molecule has 20 heavy (non-hydrogen) atoms. The summed E-state index contributed by atoms with van der Waals surface area (Å²) < 4.78 is 11.2. The molecule has 0 unspecified atom stereocenters. The summed E-state index contributed by atoms with van der Waals surface area (Å²) in [4.78, 5) is 3.99. The van der Waals surface area contributed by atoms with E-state index < -0.39 is 0 Å². The SMILES string of the molecule is COc1cc(Cl)cc(CBr)c1OCCc1ccncc1. The minimum atomic E-state index is 0.571. The summed E-state index contributed by atoms with van der Waals surface area (Å²) >= 11 is 9.49. The number of aromatic nitrogens is 1. The molecule has 1 aromatic heterocycles. The van der Waals surface area contributed by atoms with E-state index >= 15 is 0 Å². The van der Waals surface area contributed by atoms with Crippen LogP contribution in [-0.4, -0.2) is 18.7 Å². The smallest absolute Gasteiger partial charge is 0.165 e. The van der Waals surface area contributed by atoms with Gasteiger partial charge in [0.1, 0.15) is 0 Å². The fraction of sp³-hybridized carbons (Fsp3) is 0.267. The zero-order valence-corrected chi connectivity index (χ0v) is 13.4. The maximum atomic E-state index is 6.05. The van der Waals surface area contributed by atoms with Crippen molar-refractivity contribution in [2.24, 2.45) is 0 Å². The lowest BCUT2D eigenvalue weighted by Gasteiger charge is -2.14. The third-order valence-electron chi connectivity index (χ3n) is 2.85. The van der Waals surface area contributed by atoms with Crippen LogP contribution in [0.3, 0.4) is 0 Å². The van der Waals surface area contributed by atoms with Crippen molar-refractivity contribution < 1.29 is 9.47 Å². The molecule has 2 rings (SSSR count). The Kier molecular flexibility index (Phi) is 5.68. The number of pyridine rings is 1. The quantitative estimate of drug-likeness (QED) is 0.725. The number of alkyl halides is 1. The van der Waals surface area contributed by atoms with E-state index in [2.05, 4.69) is 20.9 Å². The molecule has 0 radical (unpaired) electrons. The average Bonchev–Trinajstić information content (AvgIpc) is 2.49. The first kappa shape index (κ1) is 15.1. The first-order valence-electron chi connectivity index (χ1n) is 6.18. The van der Waals surface area contributed by atoms with Crippen LogP contribution in [0.25, 0.3) is 0 Å². The monoisotopic (exact) mass is 355 g/mol. The number of ether oxygens (including phenoxy) is 2. The molecule has 0 amide bonds. The van der Waals surface area contributed by atoms with E-state index in [1.165, 1.54) is 5.56 Å². The summed E-state index contributed by atoms with van der Waals surface area (Å²) in [6, 6.07) is 7.60. The normalized spacial score (nSPS) is 10.3. The van der Waals surface area contributed by atoms with Crippen LogP contribution in [0.2, 0.25) is 5.02 Å². The van der Waals surface area contributed by atoms with Crippen LogP contribution in [0.5, 0.6) is 11.5 Å². The fourth-order valence-corrected chi connectivity index (χ4v) is 2.51. The molecule has 0 aliphatic carbocycles. The second-order valence-electron chi connectivity index (χ2n) is 4.18. The highest BCUT2D eigenvalue weighted by Gasteiger charge is 2.12. The van der Waals surface area contributed by atoms with E-state index in [0.29, 0.717) is 22.7 Å². The first-order chi connectivity index (χ1) is 9.74. The number of benzene rings is 1. The van der Waals surface area contributed by atoms with Gasteiger partial charge in [-0.05, 0) is 23.8 Å². The van der Waals surface area contributed by atoms with E-state index in [9.17, 15) is 0 Å². The van der Waals surface area contributed by atoms with Crippen LogP contribution >= 0.6 is 27.5 Å². The van der Waals surface area contributed by atoms with Crippen LogP contribution in [0, 0.1) is 0 Å². The molecule has 0 atom stereocenters. The Morgan fingerprint density at radius 1 is 1.25 bits per heavy atom. The first-order valence-corrected chi connectivity index (χ1v) is 7.68. The molecule has 0 spiro atoms. The maximum absolute atomic E-state index is 6.05. The molecule has 1 aromatic carbocycles. The summed E-state index contributed by atoms with van der Waals surface area (Å²) in [6.07, 6.45) is 4.38. The highest BCUT2D eigenvalue weighted by molar-refractivity contribution is 9.08. The Hall–Kier alpha value is -1.26. The summed E-state index contributed by atoms with van der Waals surface area (Å²) in [7, 11) is 1.61. The standard InChI is InChI=1S/C15H15BrClNO2/c1-19-14-9-13(17)8-12(10-16)15(14)20-7-4-11-2-5-18-6-3-11/h2-3,5-6,8-9H,4,7,10H2,1H3. The third kappa shape index (κ3) is 3.87. The van der Waals surface area contributed by atoms with Gasteiger partial charge in [-0.15, -0.1) is 0 Å². The molecular formula is C15H15BrClNO2. The van der Waals surface area contributed by atoms with Gasteiger partial charge in [0.05, 0.1) is 13.7 Å². The van der Waals surface area contributed by atoms with Crippen molar-refractivity contribution in [2.45, 2.75) is 11.8 Å². The molecule has 106 valence electrons. The van der Waals surface area contributed by atoms with Crippen LogP contribution in [0.1, 0.15) is 11.1 Å². The molecule has 5 heteroatoms. The van der Waals surface area contributed by atoms with Crippen LogP contribution in [0.15, 0.2) is 36.7 Å². The van der Waals surface area contributed by atoms with Crippen molar-refractivity contribution in [3.8, 4) is 11.5 Å². The number of rotatable bonds is 6. The summed E-state index contributed by atoms with van der Waals surface area (Å²) in [5, 5.41) is 1.30. The number of hydrogen-bond acceptors (Lipinski definition) is 3. The Labute approximate surface area is 132 Å². The molecule has 2 aromatic rings. The van der Waals surface area contributed by atoms with Crippen molar-refractivity contribution in [1.82, 2.24) is 4.98 Å². The second-order valence-corrected chi connectivity index (χ2v) is 5.18. The highest BCUT2D eigenvalue weighted by atomic mass is 79.9. The molecule has 3 nitrogen and oxygen atoms in total. The maximum Gasteiger partial charge on any atom is 0.165 e. The number of nitrogens with zero attached hydrogens (tertiary/aromatic N) is 1. The van der Waals surface area contributed by atoms with Gasteiger partial charge in [0.2, 0.25) is 0 Å². The Bertz CT molecular complexity index is 538. The number of hydrogen-bond donors (Lipinski definition) is 0. The second kappa shape index (κ2) is 7.50. The Morgan fingerprint density at radius 2 is 2.00 bits per heavy atom. The molecule has 0 aliphatic heterocycles. The average molecular weight is 357 g/mol. The van der Waals surface area contributed by atoms with Crippen molar-refractivity contribution in [2.75, 3.05) is 13.7 Å². The Morgan fingerprint density at radius 3 is 2.65 bits per heavy atom. The molecule has 1 heterocycles. The van der Waals surface area contributed by atoms with E-state index in [1.54, 1.807) is 25.6 Å². The largest absolute Gasteiger partial charge is 0.493 e.